The highest BCUT2D eigenvalue weighted by molar-refractivity contribution is 7.18. The van der Waals surface area contributed by atoms with Crippen molar-refractivity contribution in [1.82, 2.24) is 5.32 Å². The molecule has 1 heterocycles. The van der Waals surface area contributed by atoms with Gasteiger partial charge >= 0.3 is 0 Å². The number of carbonyl (C=O) groups is 1. The number of hydrogen-bond acceptors (Lipinski definition) is 4. The molecule has 0 atom stereocenters. The van der Waals surface area contributed by atoms with Crippen molar-refractivity contribution in [2.24, 2.45) is 5.92 Å². The van der Waals surface area contributed by atoms with Crippen LogP contribution in [0.5, 0.6) is 0 Å². The Morgan fingerprint density at radius 3 is 2.78 bits per heavy atom. The van der Waals surface area contributed by atoms with Crippen LogP contribution in [0.1, 0.15) is 36.9 Å². The quantitative estimate of drug-likeness (QED) is 0.834. The maximum absolute atomic E-state index is 11.8. The Hall–Kier alpha value is -1.23. The monoisotopic (exact) mass is 269 g/mol. The zero-order valence-corrected chi connectivity index (χ0v) is 12.4. The van der Waals surface area contributed by atoms with Crippen molar-refractivity contribution in [3.8, 4) is 0 Å². The predicted octanol–water partition coefficient (Wildman–Crippen LogP) is 2.56. The second kappa shape index (κ2) is 6.64. The minimum Gasteiger partial charge on any atom is -0.397 e. The molecule has 3 N–H and O–H groups in total. The molecule has 1 aromatic rings. The van der Waals surface area contributed by atoms with Gasteiger partial charge in [0, 0.05) is 20.1 Å². The molecule has 0 bridgehead atoms. The summed E-state index contributed by atoms with van der Waals surface area (Å²) in [7, 11) is 2.04. The molecule has 0 spiro atoms. The number of amides is 1. The largest absolute Gasteiger partial charge is 0.397 e. The van der Waals surface area contributed by atoms with E-state index in [0.717, 1.165) is 18.0 Å². The van der Waals surface area contributed by atoms with Gasteiger partial charge in [-0.2, -0.15) is 0 Å². The third-order valence-corrected chi connectivity index (χ3v) is 3.97. The topological polar surface area (TPSA) is 58.4 Å². The average molecular weight is 269 g/mol. The molecule has 18 heavy (non-hydrogen) atoms. The fourth-order valence-electron chi connectivity index (χ4n) is 1.56. The molecule has 0 aliphatic carbocycles. The minimum absolute atomic E-state index is 0.0801. The molecular formula is C13H23N3OS. The normalized spacial score (nSPS) is 10.7. The van der Waals surface area contributed by atoms with Crippen LogP contribution in [0.2, 0.25) is 0 Å². The number of rotatable bonds is 6. The summed E-state index contributed by atoms with van der Waals surface area (Å²) in [4.78, 5) is 14.5. The summed E-state index contributed by atoms with van der Waals surface area (Å²) in [6.07, 6.45) is 1.13. The molecule has 5 heteroatoms. The number of nitrogens with one attached hydrogen (secondary N) is 1. The summed E-state index contributed by atoms with van der Waals surface area (Å²) in [6.45, 7) is 7.91. The van der Waals surface area contributed by atoms with Crippen molar-refractivity contribution >= 4 is 27.9 Å². The highest BCUT2D eigenvalue weighted by atomic mass is 32.1. The second-order valence-electron chi connectivity index (χ2n) is 4.83. The van der Waals surface area contributed by atoms with Gasteiger partial charge in [-0.15, -0.1) is 11.3 Å². The molecule has 102 valence electrons. The molecule has 0 unspecified atom stereocenters. The number of nitrogens with zero attached hydrogens (tertiary/aromatic N) is 1. The first-order valence-electron chi connectivity index (χ1n) is 6.34. The summed E-state index contributed by atoms with van der Waals surface area (Å²) in [5.41, 5.74) is 6.46. The Morgan fingerprint density at radius 2 is 2.22 bits per heavy atom. The van der Waals surface area contributed by atoms with E-state index in [1.165, 1.54) is 11.3 Å². The van der Waals surface area contributed by atoms with Crippen LogP contribution < -0.4 is 16.0 Å². The van der Waals surface area contributed by atoms with Gasteiger partial charge in [0.15, 0.2) is 0 Å². The lowest BCUT2D eigenvalue weighted by Gasteiger charge is -2.17. The first kappa shape index (κ1) is 14.8. The number of nitrogen functional groups attached to an aromatic ring is 1. The van der Waals surface area contributed by atoms with Crippen molar-refractivity contribution in [2.75, 3.05) is 30.8 Å². The van der Waals surface area contributed by atoms with Crippen LogP contribution in [0.3, 0.4) is 0 Å². The molecule has 0 saturated heterocycles. The van der Waals surface area contributed by atoms with Gasteiger partial charge in [-0.25, -0.2) is 0 Å². The van der Waals surface area contributed by atoms with E-state index in [1.54, 1.807) is 0 Å². The van der Waals surface area contributed by atoms with E-state index in [4.69, 9.17) is 5.73 Å². The van der Waals surface area contributed by atoms with Gasteiger partial charge in [-0.05, 0) is 25.3 Å². The van der Waals surface area contributed by atoms with Crippen molar-refractivity contribution in [3.63, 3.8) is 0 Å². The number of anilines is 2. The average Bonchev–Trinajstić information content (AvgIpc) is 2.68. The molecule has 0 fully saturated rings. The first-order valence-corrected chi connectivity index (χ1v) is 7.16. The van der Waals surface area contributed by atoms with Crippen LogP contribution in [0.15, 0.2) is 6.07 Å². The number of nitrogens with two attached hydrogens (primary N) is 1. The van der Waals surface area contributed by atoms with Crippen LogP contribution in [-0.4, -0.2) is 26.0 Å². The molecule has 1 rings (SSSR count). The molecule has 1 amide bonds. The van der Waals surface area contributed by atoms with Crippen LogP contribution in [0.4, 0.5) is 10.7 Å². The highest BCUT2D eigenvalue weighted by Gasteiger charge is 2.15. The van der Waals surface area contributed by atoms with E-state index in [1.807, 2.05) is 20.0 Å². The highest BCUT2D eigenvalue weighted by Crippen LogP contribution is 2.31. The summed E-state index contributed by atoms with van der Waals surface area (Å²) < 4.78 is 0. The molecule has 0 aromatic carbocycles. The SMILES string of the molecule is CCNC(=O)c1sc(N(C)CCC(C)C)cc1N. The number of carbonyl (C=O) groups excluding carboxylic acids is 1. The predicted molar refractivity (Wildman–Crippen MR) is 79.5 cm³/mol. The standard InChI is InChI=1S/C13H23N3OS/c1-5-15-13(17)12-10(14)8-11(18-12)16(4)7-6-9(2)3/h8-9H,5-7,14H2,1-4H3,(H,15,17). The van der Waals surface area contributed by atoms with Crippen LogP contribution in [0, 0.1) is 5.92 Å². The third-order valence-electron chi connectivity index (χ3n) is 2.71. The van der Waals surface area contributed by atoms with E-state index < -0.39 is 0 Å². The minimum atomic E-state index is -0.0801. The Balaban J connectivity index is 2.73. The van der Waals surface area contributed by atoms with E-state index in [-0.39, 0.29) is 5.91 Å². The number of hydrogen-bond donors (Lipinski definition) is 2. The van der Waals surface area contributed by atoms with Gasteiger partial charge in [0.25, 0.3) is 5.91 Å². The first-order chi connectivity index (χ1) is 8.45. The summed E-state index contributed by atoms with van der Waals surface area (Å²) in [5.74, 6) is 0.594. The van der Waals surface area contributed by atoms with Gasteiger partial charge in [0.1, 0.15) is 4.88 Å². The Morgan fingerprint density at radius 1 is 1.56 bits per heavy atom. The van der Waals surface area contributed by atoms with Crippen molar-refractivity contribution in [1.29, 1.82) is 0 Å². The maximum Gasteiger partial charge on any atom is 0.263 e. The molecule has 0 aliphatic rings. The van der Waals surface area contributed by atoms with Gasteiger partial charge in [-0.3, -0.25) is 4.79 Å². The van der Waals surface area contributed by atoms with Gasteiger partial charge in [-0.1, -0.05) is 13.8 Å². The molecular weight excluding hydrogens is 246 g/mol. The van der Waals surface area contributed by atoms with Gasteiger partial charge in [0.05, 0.1) is 10.7 Å². The zero-order chi connectivity index (χ0) is 13.7. The Bertz CT molecular complexity index is 401. The molecule has 0 aliphatic heterocycles. The summed E-state index contributed by atoms with van der Waals surface area (Å²) in [5, 5.41) is 3.83. The smallest absolute Gasteiger partial charge is 0.263 e. The molecule has 0 radical (unpaired) electrons. The number of thiophene rings is 1. The molecule has 1 aromatic heterocycles. The van der Waals surface area contributed by atoms with Crippen molar-refractivity contribution < 1.29 is 4.79 Å². The lowest BCUT2D eigenvalue weighted by molar-refractivity contribution is 0.0960. The zero-order valence-electron chi connectivity index (χ0n) is 11.6. The van der Waals surface area contributed by atoms with E-state index in [2.05, 4.69) is 24.1 Å². The third kappa shape index (κ3) is 3.91. The summed E-state index contributed by atoms with van der Waals surface area (Å²) in [6, 6.07) is 1.88. The lowest BCUT2D eigenvalue weighted by Crippen LogP contribution is -2.22. The van der Waals surface area contributed by atoms with E-state index in [0.29, 0.717) is 23.0 Å². The molecule has 4 nitrogen and oxygen atoms in total. The van der Waals surface area contributed by atoms with E-state index in [9.17, 15) is 4.79 Å². The van der Waals surface area contributed by atoms with Crippen molar-refractivity contribution in [3.05, 3.63) is 10.9 Å². The Kier molecular flexibility index (Phi) is 5.47. The maximum atomic E-state index is 11.8. The van der Waals surface area contributed by atoms with Crippen LogP contribution in [0.25, 0.3) is 0 Å². The fourth-order valence-corrected chi connectivity index (χ4v) is 2.54. The van der Waals surface area contributed by atoms with Gasteiger partial charge in [0.2, 0.25) is 0 Å². The molecule has 0 saturated carbocycles. The Labute approximate surface area is 113 Å². The van der Waals surface area contributed by atoms with Gasteiger partial charge < -0.3 is 16.0 Å². The second-order valence-corrected chi connectivity index (χ2v) is 5.86. The van der Waals surface area contributed by atoms with Crippen LogP contribution in [-0.2, 0) is 0 Å². The lowest BCUT2D eigenvalue weighted by atomic mass is 10.1. The van der Waals surface area contributed by atoms with E-state index >= 15 is 0 Å². The summed E-state index contributed by atoms with van der Waals surface area (Å²) >= 11 is 1.46. The van der Waals surface area contributed by atoms with Crippen LogP contribution >= 0.6 is 11.3 Å². The van der Waals surface area contributed by atoms with Crippen molar-refractivity contribution in [2.45, 2.75) is 27.2 Å². The fraction of sp³-hybridized carbons (Fsp3) is 0.615.